The van der Waals surface area contributed by atoms with E-state index in [1.807, 2.05) is 6.07 Å². The van der Waals surface area contributed by atoms with Gasteiger partial charge in [0.15, 0.2) is 0 Å². The topological polar surface area (TPSA) is 28.9 Å². The number of aryl methyl sites for hydroxylation is 2. The van der Waals surface area contributed by atoms with Crippen LogP contribution in [0.5, 0.6) is 5.75 Å². The van der Waals surface area contributed by atoms with Gasteiger partial charge in [0, 0.05) is 38.6 Å². The molecule has 0 N–H and O–H groups in total. The van der Waals surface area contributed by atoms with E-state index in [1.165, 1.54) is 60.4 Å². The molecule has 2 atom stereocenters. The number of para-hydroxylation sites is 3. The Balaban J connectivity index is 1.21. The average Bonchev–Trinajstić information content (AvgIpc) is 3.63. The molecule has 2 heterocycles. The van der Waals surface area contributed by atoms with Crippen molar-refractivity contribution < 1.29 is 9.15 Å². The van der Waals surface area contributed by atoms with Crippen LogP contribution in [0.15, 0.2) is 156 Å². The van der Waals surface area contributed by atoms with Crippen molar-refractivity contribution in [2.45, 2.75) is 58.6 Å². The van der Waals surface area contributed by atoms with Crippen LogP contribution in [0.4, 0.5) is 28.4 Å². The van der Waals surface area contributed by atoms with Crippen LogP contribution < -0.4 is 14.5 Å². The minimum atomic E-state index is -0.0766. The molecule has 0 amide bonds. The summed E-state index contributed by atoms with van der Waals surface area (Å²) in [5.41, 5.74) is 11.5. The van der Waals surface area contributed by atoms with Crippen LogP contribution in [-0.2, 0) is 12.8 Å². The molecule has 57 heavy (non-hydrogen) atoms. The van der Waals surface area contributed by atoms with E-state index in [4.69, 9.17) is 9.15 Å². The standard InChI is InChI=1S/C53H44N2O2/c1-5-33-29-42-44(54(36-21-19-35(20-22-36)32(3)4)37-23-28-49-41(31-37)40-13-7-10-16-48(40)56-49)26-24-38-34(6-2)30-43-45(27-25-39(33)53(43)52(38)42)55-46-14-8-11-17-50(46)57-51-18-12-9-15-47(51)55/h7-32,46,50H,5-6H2,1-4H3. The van der Waals surface area contributed by atoms with Gasteiger partial charge in [0.2, 0.25) is 0 Å². The molecule has 0 radical (unpaired) electrons. The molecule has 278 valence electrons. The molecule has 1 aliphatic carbocycles. The van der Waals surface area contributed by atoms with Gasteiger partial charge in [0.25, 0.3) is 0 Å². The van der Waals surface area contributed by atoms with Crippen molar-refractivity contribution in [2.24, 2.45) is 0 Å². The second-order valence-electron chi connectivity index (χ2n) is 15.9. The largest absolute Gasteiger partial charge is 0.482 e. The van der Waals surface area contributed by atoms with E-state index < -0.39 is 0 Å². The van der Waals surface area contributed by atoms with Gasteiger partial charge in [-0.15, -0.1) is 0 Å². The Kier molecular flexibility index (Phi) is 7.72. The quantitative estimate of drug-likeness (QED) is 0.152. The fraction of sp³-hybridized carbons (Fsp3) is 0.170. The summed E-state index contributed by atoms with van der Waals surface area (Å²) in [6, 6.07) is 47.1. The number of nitrogens with zero attached hydrogens (tertiary/aromatic N) is 2. The predicted molar refractivity (Wildman–Crippen MR) is 240 cm³/mol. The van der Waals surface area contributed by atoms with Gasteiger partial charge in [-0.1, -0.05) is 101 Å². The summed E-state index contributed by atoms with van der Waals surface area (Å²) in [6.07, 6.45) is 10.5. The third-order valence-electron chi connectivity index (χ3n) is 12.5. The summed E-state index contributed by atoms with van der Waals surface area (Å²) in [4.78, 5) is 4.99. The molecule has 4 heteroatoms. The van der Waals surface area contributed by atoms with Gasteiger partial charge in [-0.25, -0.2) is 0 Å². The van der Waals surface area contributed by atoms with Crippen LogP contribution in [0, 0.1) is 0 Å². The first-order chi connectivity index (χ1) is 28.0. The zero-order valence-corrected chi connectivity index (χ0v) is 32.8. The Bertz CT molecular complexity index is 3080. The number of benzene rings is 8. The second-order valence-corrected chi connectivity index (χ2v) is 15.9. The normalized spacial score (nSPS) is 16.3. The highest BCUT2D eigenvalue weighted by Gasteiger charge is 2.36. The lowest BCUT2D eigenvalue weighted by Gasteiger charge is -2.42. The number of ether oxygens (including phenoxy) is 1. The van der Waals surface area contributed by atoms with Crippen molar-refractivity contribution in [3.05, 3.63) is 168 Å². The molecule has 4 nitrogen and oxygen atoms in total. The minimum Gasteiger partial charge on any atom is -0.482 e. The van der Waals surface area contributed by atoms with Gasteiger partial charge in [-0.05, 0) is 136 Å². The SMILES string of the molecule is CCc1cc2c(N3c4ccccc4OC4C=CC=CC43)ccc3c(CC)cc4c(N(c5ccc(C(C)C)cc5)c5ccc6oc7ccccc7c6c5)ccc1c4c32. The van der Waals surface area contributed by atoms with E-state index in [1.54, 1.807) is 0 Å². The van der Waals surface area contributed by atoms with Crippen molar-refractivity contribution >= 4 is 82.7 Å². The van der Waals surface area contributed by atoms with Crippen LogP contribution in [-0.4, -0.2) is 12.1 Å². The van der Waals surface area contributed by atoms with Crippen LogP contribution in [0.25, 0.3) is 54.3 Å². The first-order valence-electron chi connectivity index (χ1n) is 20.5. The molecule has 0 saturated heterocycles. The molecular weight excluding hydrogens is 697 g/mol. The maximum atomic E-state index is 6.59. The van der Waals surface area contributed by atoms with Crippen molar-refractivity contribution in [2.75, 3.05) is 9.80 Å². The van der Waals surface area contributed by atoms with Crippen molar-refractivity contribution in [1.82, 2.24) is 0 Å². The summed E-state index contributed by atoms with van der Waals surface area (Å²) >= 11 is 0. The lowest BCUT2D eigenvalue weighted by Crippen LogP contribution is -2.46. The summed E-state index contributed by atoms with van der Waals surface area (Å²) in [6.45, 7) is 9.10. The summed E-state index contributed by atoms with van der Waals surface area (Å²) in [7, 11) is 0. The van der Waals surface area contributed by atoms with Crippen LogP contribution in [0.2, 0.25) is 0 Å². The van der Waals surface area contributed by atoms with Gasteiger partial charge in [0.1, 0.15) is 23.0 Å². The van der Waals surface area contributed by atoms with E-state index in [9.17, 15) is 0 Å². The molecule has 0 fully saturated rings. The van der Waals surface area contributed by atoms with E-state index >= 15 is 0 Å². The number of hydrogen-bond acceptors (Lipinski definition) is 4. The molecule has 2 unspecified atom stereocenters. The number of anilines is 5. The number of allylic oxidation sites excluding steroid dienone is 2. The molecule has 0 bridgehead atoms. The fourth-order valence-electron chi connectivity index (χ4n) is 9.64. The third kappa shape index (κ3) is 5.13. The Morgan fingerprint density at radius 2 is 1.26 bits per heavy atom. The van der Waals surface area contributed by atoms with E-state index in [-0.39, 0.29) is 12.1 Å². The van der Waals surface area contributed by atoms with Crippen LogP contribution in [0.1, 0.15) is 50.3 Å². The molecular formula is C53H44N2O2. The zero-order valence-electron chi connectivity index (χ0n) is 32.8. The summed E-state index contributed by atoms with van der Waals surface area (Å²) in [5, 5.41) is 10.1. The highest BCUT2D eigenvalue weighted by Crippen LogP contribution is 2.51. The van der Waals surface area contributed by atoms with E-state index in [0.717, 1.165) is 57.6 Å². The Hall–Kier alpha value is -6.52. The van der Waals surface area contributed by atoms with Gasteiger partial charge >= 0.3 is 0 Å². The van der Waals surface area contributed by atoms with Gasteiger partial charge in [0.05, 0.1) is 17.4 Å². The fourth-order valence-corrected chi connectivity index (χ4v) is 9.64. The molecule has 11 rings (SSSR count). The first kappa shape index (κ1) is 33.8. The van der Waals surface area contributed by atoms with Crippen molar-refractivity contribution in [3.63, 3.8) is 0 Å². The van der Waals surface area contributed by atoms with Crippen molar-refractivity contribution in [3.8, 4) is 5.75 Å². The summed E-state index contributed by atoms with van der Waals surface area (Å²) in [5.74, 6) is 1.36. The predicted octanol–water partition coefficient (Wildman–Crippen LogP) is 14.6. The Morgan fingerprint density at radius 3 is 2.07 bits per heavy atom. The molecule has 9 aromatic rings. The van der Waals surface area contributed by atoms with Crippen LogP contribution >= 0.6 is 0 Å². The average molecular weight is 741 g/mol. The van der Waals surface area contributed by atoms with E-state index in [0.29, 0.717) is 5.92 Å². The molecule has 1 aromatic heterocycles. The molecule has 2 aliphatic rings. The maximum absolute atomic E-state index is 6.59. The minimum absolute atomic E-state index is 0.0351. The van der Waals surface area contributed by atoms with Gasteiger partial charge in [-0.3, -0.25) is 0 Å². The van der Waals surface area contributed by atoms with Crippen molar-refractivity contribution in [1.29, 1.82) is 0 Å². The lowest BCUT2D eigenvalue weighted by atomic mass is 9.85. The third-order valence-corrected chi connectivity index (χ3v) is 12.5. The monoisotopic (exact) mass is 740 g/mol. The van der Waals surface area contributed by atoms with Gasteiger partial charge in [-0.2, -0.15) is 0 Å². The number of fused-ring (bicyclic) bond motifs is 5. The first-order valence-corrected chi connectivity index (χ1v) is 20.5. The Morgan fingerprint density at radius 1 is 0.579 bits per heavy atom. The lowest BCUT2D eigenvalue weighted by molar-refractivity contribution is 0.218. The molecule has 0 saturated carbocycles. The second kappa shape index (κ2) is 13.0. The van der Waals surface area contributed by atoms with Gasteiger partial charge < -0.3 is 19.0 Å². The highest BCUT2D eigenvalue weighted by molar-refractivity contribution is 6.29. The number of furan rings is 1. The summed E-state index contributed by atoms with van der Waals surface area (Å²) < 4.78 is 12.9. The smallest absolute Gasteiger partial charge is 0.144 e. The molecule has 0 spiro atoms. The highest BCUT2D eigenvalue weighted by atomic mass is 16.5. The molecule has 8 aromatic carbocycles. The number of rotatable bonds is 7. The Labute approximate surface area is 333 Å². The maximum Gasteiger partial charge on any atom is 0.144 e. The number of hydrogen-bond donors (Lipinski definition) is 0. The molecule has 1 aliphatic heterocycles. The van der Waals surface area contributed by atoms with Crippen LogP contribution in [0.3, 0.4) is 0 Å². The zero-order chi connectivity index (χ0) is 38.4. The van der Waals surface area contributed by atoms with E-state index in [2.05, 4.69) is 183 Å².